The summed E-state index contributed by atoms with van der Waals surface area (Å²) in [4.78, 5) is 25.2. The van der Waals surface area contributed by atoms with Gasteiger partial charge in [0.05, 0.1) is 23.3 Å². The van der Waals surface area contributed by atoms with E-state index in [1.54, 1.807) is 17.9 Å². The summed E-state index contributed by atoms with van der Waals surface area (Å²) in [6, 6.07) is 0. The number of aryl methyl sites for hydroxylation is 1. The number of nitrogens with zero attached hydrogens (tertiary/aromatic N) is 3. The van der Waals surface area contributed by atoms with Crippen LogP contribution in [0.25, 0.3) is 0 Å². The van der Waals surface area contributed by atoms with E-state index < -0.39 is 6.10 Å². The van der Waals surface area contributed by atoms with Crippen molar-refractivity contribution in [2.24, 2.45) is 7.05 Å². The van der Waals surface area contributed by atoms with Gasteiger partial charge in [0.25, 0.3) is 5.91 Å². The normalized spacial score (nSPS) is 19.5. The average Bonchev–Trinajstić information content (AvgIpc) is 2.68. The molecule has 1 atom stereocenters. The number of aliphatic hydroxyl groups excluding tert-OH is 1. The molecular formula is C13H19BrN4O3. The fourth-order valence-electron chi connectivity index (χ4n) is 2.28. The standard InChI is InChI=1S/C13H19BrN4O3/c1-17-7-9(14)10(16-17)6-15-12(20)8-18-5-3-2-4-11(19)13(18)21/h7,11,19H,2-6,8H2,1H3,(H,15,20). The van der Waals surface area contributed by atoms with Gasteiger partial charge < -0.3 is 15.3 Å². The van der Waals surface area contributed by atoms with E-state index >= 15 is 0 Å². The molecule has 0 spiro atoms. The molecule has 0 bridgehead atoms. The van der Waals surface area contributed by atoms with E-state index in [9.17, 15) is 14.7 Å². The summed E-state index contributed by atoms with van der Waals surface area (Å²) in [5.74, 6) is -0.614. The van der Waals surface area contributed by atoms with Gasteiger partial charge in [0, 0.05) is 19.8 Å². The summed E-state index contributed by atoms with van der Waals surface area (Å²) in [7, 11) is 1.80. The Kier molecular flexibility index (Phi) is 5.35. The Morgan fingerprint density at radius 3 is 3.00 bits per heavy atom. The lowest BCUT2D eigenvalue weighted by molar-refractivity contribution is -0.142. The fourth-order valence-corrected chi connectivity index (χ4v) is 2.79. The van der Waals surface area contributed by atoms with Crippen molar-refractivity contribution in [3.8, 4) is 0 Å². The van der Waals surface area contributed by atoms with Crippen molar-refractivity contribution < 1.29 is 14.7 Å². The highest BCUT2D eigenvalue weighted by atomic mass is 79.9. The Morgan fingerprint density at radius 2 is 2.33 bits per heavy atom. The number of rotatable bonds is 4. The van der Waals surface area contributed by atoms with Gasteiger partial charge in [-0.1, -0.05) is 0 Å². The van der Waals surface area contributed by atoms with Crippen molar-refractivity contribution in [3.05, 3.63) is 16.4 Å². The number of carbonyl (C=O) groups excluding carboxylic acids is 2. The van der Waals surface area contributed by atoms with Gasteiger partial charge in [-0.25, -0.2) is 0 Å². The maximum absolute atomic E-state index is 11.9. The van der Waals surface area contributed by atoms with Gasteiger partial charge in [-0.05, 0) is 35.2 Å². The molecule has 1 aliphatic heterocycles. The van der Waals surface area contributed by atoms with Gasteiger partial charge in [0.1, 0.15) is 6.10 Å². The van der Waals surface area contributed by atoms with Crippen molar-refractivity contribution >= 4 is 27.7 Å². The molecule has 1 unspecified atom stereocenters. The highest BCUT2D eigenvalue weighted by Crippen LogP contribution is 2.14. The first kappa shape index (κ1) is 16.0. The van der Waals surface area contributed by atoms with E-state index in [1.165, 1.54) is 4.90 Å². The minimum Gasteiger partial charge on any atom is -0.383 e. The Morgan fingerprint density at radius 1 is 1.57 bits per heavy atom. The van der Waals surface area contributed by atoms with E-state index in [0.29, 0.717) is 19.5 Å². The van der Waals surface area contributed by atoms with Crippen LogP contribution in [0.4, 0.5) is 0 Å². The van der Waals surface area contributed by atoms with Gasteiger partial charge in [0.2, 0.25) is 5.91 Å². The molecule has 0 aromatic carbocycles. The molecule has 2 heterocycles. The van der Waals surface area contributed by atoms with Crippen LogP contribution in [0.2, 0.25) is 0 Å². The first-order chi connectivity index (χ1) is 9.97. The van der Waals surface area contributed by atoms with E-state index in [1.807, 2.05) is 0 Å². The smallest absolute Gasteiger partial charge is 0.251 e. The molecule has 2 N–H and O–H groups in total. The second kappa shape index (κ2) is 7.04. The molecule has 21 heavy (non-hydrogen) atoms. The first-order valence-corrected chi connectivity index (χ1v) is 7.68. The molecule has 0 radical (unpaired) electrons. The summed E-state index contributed by atoms with van der Waals surface area (Å²) in [5.41, 5.74) is 0.730. The van der Waals surface area contributed by atoms with Gasteiger partial charge >= 0.3 is 0 Å². The summed E-state index contributed by atoms with van der Waals surface area (Å²) in [5, 5.41) is 16.6. The maximum Gasteiger partial charge on any atom is 0.251 e. The van der Waals surface area contributed by atoms with E-state index in [-0.39, 0.29) is 18.4 Å². The van der Waals surface area contributed by atoms with Crippen LogP contribution >= 0.6 is 15.9 Å². The summed E-state index contributed by atoms with van der Waals surface area (Å²) in [6.07, 6.45) is 2.90. The minimum atomic E-state index is -0.981. The number of halogens is 1. The first-order valence-electron chi connectivity index (χ1n) is 6.89. The van der Waals surface area contributed by atoms with E-state index in [0.717, 1.165) is 23.0 Å². The molecule has 1 fully saturated rings. The molecule has 2 rings (SSSR count). The highest BCUT2D eigenvalue weighted by Gasteiger charge is 2.26. The quantitative estimate of drug-likeness (QED) is 0.803. The van der Waals surface area contributed by atoms with Crippen LogP contribution in [0.5, 0.6) is 0 Å². The minimum absolute atomic E-state index is 0.0274. The van der Waals surface area contributed by atoms with Crippen LogP contribution in [-0.2, 0) is 23.2 Å². The van der Waals surface area contributed by atoms with Crippen LogP contribution in [-0.4, -0.2) is 50.8 Å². The second-order valence-corrected chi connectivity index (χ2v) is 6.00. The Labute approximate surface area is 131 Å². The predicted octanol–water partition coefficient (Wildman–Crippen LogP) is 0.172. The van der Waals surface area contributed by atoms with Crippen molar-refractivity contribution in [1.82, 2.24) is 20.0 Å². The SMILES string of the molecule is Cn1cc(Br)c(CNC(=O)CN2CCCCC(O)C2=O)n1. The summed E-state index contributed by atoms with van der Waals surface area (Å²) < 4.78 is 2.48. The molecule has 2 amide bonds. The molecule has 1 saturated heterocycles. The Balaban J connectivity index is 1.86. The van der Waals surface area contributed by atoms with Crippen LogP contribution in [0.3, 0.4) is 0 Å². The van der Waals surface area contributed by atoms with Crippen molar-refractivity contribution in [1.29, 1.82) is 0 Å². The Bertz CT molecular complexity index is 531. The summed E-state index contributed by atoms with van der Waals surface area (Å²) >= 11 is 3.36. The molecule has 0 aliphatic carbocycles. The summed E-state index contributed by atoms with van der Waals surface area (Å²) in [6.45, 7) is 0.780. The number of aliphatic hydroxyl groups is 1. The van der Waals surface area contributed by atoms with Crippen molar-refractivity contribution in [2.45, 2.75) is 31.9 Å². The molecule has 0 saturated carbocycles. The molecule has 8 heteroatoms. The van der Waals surface area contributed by atoms with Crippen molar-refractivity contribution in [2.75, 3.05) is 13.1 Å². The van der Waals surface area contributed by atoms with E-state index in [4.69, 9.17) is 0 Å². The fraction of sp³-hybridized carbons (Fsp3) is 0.615. The number of hydrogen-bond acceptors (Lipinski definition) is 4. The number of likely N-dealkylation sites (tertiary alicyclic amines) is 1. The Hall–Kier alpha value is -1.41. The lowest BCUT2D eigenvalue weighted by Crippen LogP contribution is -2.44. The van der Waals surface area contributed by atoms with Crippen molar-refractivity contribution in [3.63, 3.8) is 0 Å². The second-order valence-electron chi connectivity index (χ2n) is 5.15. The molecule has 1 aromatic rings. The third-order valence-corrected chi connectivity index (χ3v) is 4.06. The topological polar surface area (TPSA) is 87.5 Å². The predicted molar refractivity (Wildman–Crippen MR) is 79.2 cm³/mol. The van der Waals surface area contributed by atoms with Gasteiger partial charge in [-0.3, -0.25) is 14.3 Å². The van der Waals surface area contributed by atoms with Gasteiger partial charge in [-0.2, -0.15) is 5.10 Å². The number of amides is 2. The van der Waals surface area contributed by atoms with Crippen LogP contribution < -0.4 is 5.32 Å². The zero-order chi connectivity index (χ0) is 15.4. The van der Waals surface area contributed by atoms with Crippen LogP contribution in [0, 0.1) is 0 Å². The highest BCUT2D eigenvalue weighted by molar-refractivity contribution is 9.10. The molecule has 1 aliphatic rings. The number of nitrogens with one attached hydrogen (secondary N) is 1. The van der Waals surface area contributed by atoms with Crippen LogP contribution in [0.1, 0.15) is 25.0 Å². The molecule has 7 nitrogen and oxygen atoms in total. The zero-order valence-corrected chi connectivity index (χ0v) is 13.5. The molecular weight excluding hydrogens is 340 g/mol. The lowest BCUT2D eigenvalue weighted by Gasteiger charge is -2.21. The largest absolute Gasteiger partial charge is 0.383 e. The van der Waals surface area contributed by atoms with Gasteiger partial charge in [0.15, 0.2) is 0 Å². The zero-order valence-electron chi connectivity index (χ0n) is 11.9. The molecule has 116 valence electrons. The molecule has 1 aromatic heterocycles. The lowest BCUT2D eigenvalue weighted by atomic mass is 10.2. The van der Waals surface area contributed by atoms with Gasteiger partial charge in [-0.15, -0.1) is 0 Å². The number of hydrogen-bond donors (Lipinski definition) is 2. The third kappa shape index (κ3) is 4.28. The third-order valence-electron chi connectivity index (χ3n) is 3.39. The van der Waals surface area contributed by atoms with E-state index in [2.05, 4.69) is 26.3 Å². The number of aromatic nitrogens is 2. The van der Waals surface area contributed by atoms with Crippen LogP contribution in [0.15, 0.2) is 10.7 Å². The average molecular weight is 359 g/mol. The monoisotopic (exact) mass is 358 g/mol. The maximum atomic E-state index is 11.9. The number of carbonyl (C=O) groups is 2.